The van der Waals surface area contributed by atoms with Crippen molar-refractivity contribution in [3.8, 4) is 0 Å². The van der Waals surface area contributed by atoms with Gasteiger partial charge in [0.1, 0.15) is 10.8 Å². The summed E-state index contributed by atoms with van der Waals surface area (Å²) in [6.45, 7) is 1.78. The molecule has 3 nitrogen and oxygen atoms in total. The molecule has 2 rings (SSSR count). The Kier molecular flexibility index (Phi) is 3.45. The van der Waals surface area contributed by atoms with Gasteiger partial charge in [-0.15, -0.1) is 0 Å². The Morgan fingerprint density at radius 3 is 2.26 bits per heavy atom. The van der Waals surface area contributed by atoms with Crippen LogP contribution in [0.3, 0.4) is 0 Å². The Bertz CT molecular complexity index is 575. The third-order valence-corrected chi connectivity index (χ3v) is 3.17. The lowest BCUT2D eigenvalue weighted by Gasteiger charge is -2.15. The molecular formula is C12H11ClF3N3. The molecule has 2 N–H and O–H groups in total. The third kappa shape index (κ3) is 2.68. The molecule has 1 aromatic carbocycles. The lowest BCUT2D eigenvalue weighted by atomic mass is 10.1. The van der Waals surface area contributed by atoms with Crippen LogP contribution in [-0.4, -0.2) is 9.78 Å². The second-order valence-electron chi connectivity index (χ2n) is 4.12. The van der Waals surface area contributed by atoms with Crippen LogP contribution < -0.4 is 5.73 Å². The van der Waals surface area contributed by atoms with Gasteiger partial charge < -0.3 is 5.73 Å². The molecule has 102 valence electrons. The van der Waals surface area contributed by atoms with E-state index in [1.165, 1.54) is 23.0 Å². The van der Waals surface area contributed by atoms with E-state index in [4.69, 9.17) is 17.3 Å². The van der Waals surface area contributed by atoms with Crippen molar-refractivity contribution in [2.45, 2.75) is 19.1 Å². The quantitative estimate of drug-likeness (QED) is 0.915. The summed E-state index contributed by atoms with van der Waals surface area (Å²) < 4.78 is 38.8. The molecule has 0 aliphatic carbocycles. The van der Waals surface area contributed by atoms with E-state index < -0.39 is 11.7 Å². The normalized spacial score (nSPS) is 13.5. The van der Waals surface area contributed by atoms with E-state index in [1.807, 2.05) is 0 Å². The van der Waals surface area contributed by atoms with Gasteiger partial charge in [0.25, 0.3) is 0 Å². The molecule has 0 aliphatic heterocycles. The van der Waals surface area contributed by atoms with Crippen LogP contribution in [0.5, 0.6) is 0 Å². The summed E-state index contributed by atoms with van der Waals surface area (Å²) in [5, 5.41) is 4.32. The highest BCUT2D eigenvalue weighted by Crippen LogP contribution is 2.31. The predicted molar refractivity (Wildman–Crippen MR) is 66.9 cm³/mol. The van der Waals surface area contributed by atoms with Crippen LogP contribution in [0, 0.1) is 0 Å². The molecule has 1 atom stereocenters. The SMILES string of the molecule is CC(c1ccc(C(F)(F)F)cc1)n1ncc(Cl)c1N. The number of nitrogens with zero attached hydrogens (tertiary/aromatic N) is 2. The molecule has 1 heterocycles. The highest BCUT2D eigenvalue weighted by molar-refractivity contribution is 6.32. The van der Waals surface area contributed by atoms with Gasteiger partial charge in [-0.2, -0.15) is 18.3 Å². The first-order valence-corrected chi connectivity index (χ1v) is 5.84. The maximum Gasteiger partial charge on any atom is 0.416 e. The molecule has 0 bridgehead atoms. The number of anilines is 1. The fourth-order valence-electron chi connectivity index (χ4n) is 1.75. The Morgan fingerprint density at radius 1 is 1.26 bits per heavy atom. The lowest BCUT2D eigenvalue weighted by Crippen LogP contribution is -2.12. The first-order chi connectivity index (χ1) is 8.80. The van der Waals surface area contributed by atoms with Crippen LogP contribution >= 0.6 is 11.6 Å². The minimum atomic E-state index is -4.34. The zero-order valence-corrected chi connectivity index (χ0v) is 10.7. The van der Waals surface area contributed by atoms with Crippen LogP contribution in [0.15, 0.2) is 30.5 Å². The smallest absolute Gasteiger partial charge is 0.383 e. The molecular weight excluding hydrogens is 279 g/mol. The highest BCUT2D eigenvalue weighted by atomic mass is 35.5. The standard InChI is InChI=1S/C12H11ClF3N3/c1-7(19-11(17)10(13)6-18-19)8-2-4-9(5-3-8)12(14,15)16/h2-7H,17H2,1H3. The number of halogens is 4. The summed E-state index contributed by atoms with van der Waals surface area (Å²) in [4.78, 5) is 0. The Balaban J connectivity index is 2.30. The first kappa shape index (κ1) is 13.7. The average Bonchev–Trinajstić information content (AvgIpc) is 2.68. The van der Waals surface area contributed by atoms with Crippen molar-refractivity contribution in [1.29, 1.82) is 0 Å². The van der Waals surface area contributed by atoms with Crippen LogP contribution in [0.1, 0.15) is 24.1 Å². The molecule has 0 amide bonds. The van der Waals surface area contributed by atoms with Gasteiger partial charge in [0, 0.05) is 0 Å². The molecule has 0 radical (unpaired) electrons. The zero-order valence-electron chi connectivity index (χ0n) is 9.95. The van der Waals surface area contributed by atoms with Crippen molar-refractivity contribution in [2.75, 3.05) is 5.73 Å². The predicted octanol–water partition coefficient (Wildman–Crippen LogP) is 3.75. The minimum Gasteiger partial charge on any atom is -0.383 e. The number of benzene rings is 1. The van der Waals surface area contributed by atoms with Gasteiger partial charge in [-0.3, -0.25) is 0 Å². The van der Waals surface area contributed by atoms with E-state index in [-0.39, 0.29) is 11.9 Å². The first-order valence-electron chi connectivity index (χ1n) is 5.46. The fraction of sp³-hybridized carbons (Fsp3) is 0.250. The van der Waals surface area contributed by atoms with E-state index in [0.717, 1.165) is 12.1 Å². The number of rotatable bonds is 2. The molecule has 0 saturated carbocycles. The summed E-state index contributed by atoms with van der Waals surface area (Å²) in [6, 6.07) is 4.58. The molecule has 1 unspecified atom stereocenters. The van der Waals surface area contributed by atoms with Crippen molar-refractivity contribution in [3.05, 3.63) is 46.6 Å². The van der Waals surface area contributed by atoms with Crippen LogP contribution in [0.4, 0.5) is 19.0 Å². The second kappa shape index (κ2) is 4.77. The van der Waals surface area contributed by atoms with Crippen LogP contribution in [0.25, 0.3) is 0 Å². The number of hydrogen-bond donors (Lipinski definition) is 1. The minimum absolute atomic E-state index is 0.286. The van der Waals surface area contributed by atoms with Crippen molar-refractivity contribution in [1.82, 2.24) is 9.78 Å². The Morgan fingerprint density at radius 2 is 1.84 bits per heavy atom. The third-order valence-electron chi connectivity index (χ3n) is 2.87. The maximum absolute atomic E-state index is 12.5. The number of nitrogens with two attached hydrogens (primary N) is 1. The molecule has 1 aromatic heterocycles. The fourth-order valence-corrected chi connectivity index (χ4v) is 1.88. The number of hydrogen-bond acceptors (Lipinski definition) is 2. The Hall–Kier alpha value is -1.69. The largest absolute Gasteiger partial charge is 0.416 e. The van der Waals surface area contributed by atoms with Gasteiger partial charge in [-0.05, 0) is 24.6 Å². The zero-order chi connectivity index (χ0) is 14.2. The van der Waals surface area contributed by atoms with Crippen molar-refractivity contribution >= 4 is 17.4 Å². The van der Waals surface area contributed by atoms with Crippen molar-refractivity contribution in [3.63, 3.8) is 0 Å². The second-order valence-corrected chi connectivity index (χ2v) is 4.53. The van der Waals surface area contributed by atoms with Gasteiger partial charge in [0.15, 0.2) is 0 Å². The van der Waals surface area contributed by atoms with Crippen LogP contribution in [0.2, 0.25) is 5.02 Å². The van der Waals surface area contributed by atoms with E-state index >= 15 is 0 Å². The summed E-state index contributed by atoms with van der Waals surface area (Å²) in [6.07, 6.45) is -2.94. The lowest BCUT2D eigenvalue weighted by molar-refractivity contribution is -0.137. The molecule has 0 aliphatic rings. The van der Waals surface area contributed by atoms with E-state index in [0.29, 0.717) is 10.6 Å². The molecule has 19 heavy (non-hydrogen) atoms. The van der Waals surface area contributed by atoms with E-state index in [9.17, 15) is 13.2 Å². The monoisotopic (exact) mass is 289 g/mol. The summed E-state index contributed by atoms with van der Waals surface area (Å²) in [5.41, 5.74) is 5.71. The topological polar surface area (TPSA) is 43.8 Å². The van der Waals surface area contributed by atoms with Gasteiger partial charge in [-0.25, -0.2) is 4.68 Å². The van der Waals surface area contributed by atoms with Gasteiger partial charge in [-0.1, -0.05) is 23.7 Å². The molecule has 0 saturated heterocycles. The summed E-state index contributed by atoms with van der Waals surface area (Å²) in [7, 11) is 0. The molecule has 0 fully saturated rings. The van der Waals surface area contributed by atoms with Gasteiger partial charge >= 0.3 is 6.18 Å². The molecule has 7 heteroatoms. The summed E-state index contributed by atoms with van der Waals surface area (Å²) >= 11 is 5.79. The maximum atomic E-state index is 12.5. The Labute approximate surface area is 112 Å². The summed E-state index contributed by atoms with van der Waals surface area (Å²) in [5.74, 6) is 0.286. The van der Waals surface area contributed by atoms with Gasteiger partial charge in [0.2, 0.25) is 0 Å². The number of nitrogen functional groups attached to an aromatic ring is 1. The van der Waals surface area contributed by atoms with Crippen molar-refractivity contribution in [2.24, 2.45) is 0 Å². The van der Waals surface area contributed by atoms with Crippen LogP contribution in [-0.2, 0) is 6.18 Å². The molecule has 2 aromatic rings. The average molecular weight is 290 g/mol. The van der Waals surface area contributed by atoms with Crippen molar-refractivity contribution < 1.29 is 13.2 Å². The number of aromatic nitrogens is 2. The van der Waals surface area contributed by atoms with E-state index in [1.54, 1.807) is 6.92 Å². The van der Waals surface area contributed by atoms with Gasteiger partial charge in [0.05, 0.1) is 17.8 Å². The highest BCUT2D eigenvalue weighted by Gasteiger charge is 2.30. The number of alkyl halides is 3. The van der Waals surface area contributed by atoms with E-state index in [2.05, 4.69) is 5.10 Å². The molecule has 0 spiro atoms.